The molecule has 0 amide bonds. The number of anilines is 1. The van der Waals surface area contributed by atoms with Gasteiger partial charge in [0.15, 0.2) is 5.11 Å². The van der Waals surface area contributed by atoms with E-state index >= 15 is 0 Å². The van der Waals surface area contributed by atoms with E-state index in [-0.39, 0.29) is 0 Å². The van der Waals surface area contributed by atoms with Gasteiger partial charge in [0.05, 0.1) is 26.9 Å². The number of aliphatic imine (C=N–C) groups is 1. The maximum Gasteiger partial charge on any atom is 0.229 e. The minimum absolute atomic E-state index is 0.407. The summed E-state index contributed by atoms with van der Waals surface area (Å²) in [5.41, 5.74) is 2.71. The first-order valence-corrected chi connectivity index (χ1v) is 11.5. The fourth-order valence-corrected chi connectivity index (χ4v) is 3.68. The summed E-state index contributed by atoms with van der Waals surface area (Å²) < 4.78 is 10.8. The molecule has 0 atom stereocenters. The van der Waals surface area contributed by atoms with E-state index in [1.54, 1.807) is 7.11 Å². The van der Waals surface area contributed by atoms with Crippen molar-refractivity contribution >= 4 is 29.2 Å². The molecule has 0 radical (unpaired) electrons. The molecule has 178 valence electrons. The normalized spacial score (nSPS) is 14.6. The molecule has 1 aliphatic heterocycles. The summed E-state index contributed by atoms with van der Waals surface area (Å²) in [5, 5.41) is 10.1. The first-order chi connectivity index (χ1) is 16.0. The summed E-state index contributed by atoms with van der Waals surface area (Å²) in [6.07, 6.45) is 0.989. The molecule has 0 unspecified atom stereocenters. The summed E-state index contributed by atoms with van der Waals surface area (Å²) in [5.74, 6) is 1.72. The Bertz CT molecular complexity index is 928. The highest BCUT2D eigenvalue weighted by molar-refractivity contribution is 7.80. The molecular formula is C23H33N7O2S. The number of rotatable bonds is 8. The Morgan fingerprint density at radius 3 is 2.64 bits per heavy atom. The second-order valence-corrected chi connectivity index (χ2v) is 8.17. The van der Waals surface area contributed by atoms with Crippen molar-refractivity contribution in [2.45, 2.75) is 26.8 Å². The van der Waals surface area contributed by atoms with E-state index in [0.717, 1.165) is 68.5 Å². The molecule has 9 nitrogen and oxygen atoms in total. The third kappa shape index (κ3) is 8.56. The summed E-state index contributed by atoms with van der Waals surface area (Å²) >= 11 is 5.51. The summed E-state index contributed by atoms with van der Waals surface area (Å²) in [4.78, 5) is 16.0. The van der Waals surface area contributed by atoms with Gasteiger partial charge in [-0.1, -0.05) is 18.2 Å². The van der Waals surface area contributed by atoms with E-state index in [9.17, 15) is 0 Å². The van der Waals surface area contributed by atoms with E-state index in [4.69, 9.17) is 21.7 Å². The van der Waals surface area contributed by atoms with E-state index in [2.05, 4.69) is 35.8 Å². The van der Waals surface area contributed by atoms with Gasteiger partial charge in [0.1, 0.15) is 5.75 Å². The molecule has 3 N–H and O–H groups in total. The van der Waals surface area contributed by atoms with Crippen LogP contribution in [0.4, 0.5) is 5.95 Å². The first kappa shape index (κ1) is 24.8. The van der Waals surface area contributed by atoms with Crippen molar-refractivity contribution < 1.29 is 9.47 Å². The SMILES string of the molecule is COc1ccccc1CN=C(NC(=S)NCCCN1CCOCC1)Nc1nc(C)cc(C)n1. The maximum atomic E-state index is 5.51. The molecule has 1 saturated heterocycles. The van der Waals surface area contributed by atoms with Crippen LogP contribution in [0.25, 0.3) is 0 Å². The molecule has 0 saturated carbocycles. The van der Waals surface area contributed by atoms with Gasteiger partial charge in [-0.2, -0.15) is 0 Å². The lowest BCUT2D eigenvalue weighted by molar-refractivity contribution is 0.0376. The van der Waals surface area contributed by atoms with E-state index < -0.39 is 0 Å². The molecule has 2 heterocycles. The van der Waals surface area contributed by atoms with Gasteiger partial charge in [-0.25, -0.2) is 15.0 Å². The zero-order chi connectivity index (χ0) is 23.5. The third-order valence-electron chi connectivity index (χ3n) is 5.08. The lowest BCUT2D eigenvalue weighted by atomic mass is 10.2. The Morgan fingerprint density at radius 1 is 1.18 bits per heavy atom. The molecule has 2 aromatic rings. The molecule has 1 aliphatic rings. The lowest BCUT2D eigenvalue weighted by Gasteiger charge is -2.26. The lowest BCUT2D eigenvalue weighted by Crippen LogP contribution is -2.44. The Morgan fingerprint density at radius 2 is 1.91 bits per heavy atom. The number of hydrogen-bond acceptors (Lipinski definition) is 7. The highest BCUT2D eigenvalue weighted by Gasteiger charge is 2.10. The number of aromatic nitrogens is 2. The van der Waals surface area contributed by atoms with Crippen molar-refractivity contribution in [1.29, 1.82) is 0 Å². The van der Waals surface area contributed by atoms with Crippen LogP contribution in [-0.4, -0.2) is 72.4 Å². The average Bonchev–Trinajstić information content (AvgIpc) is 2.80. The van der Waals surface area contributed by atoms with Crippen LogP contribution in [0.3, 0.4) is 0 Å². The summed E-state index contributed by atoms with van der Waals surface area (Å²) in [6.45, 7) is 9.65. The largest absolute Gasteiger partial charge is 0.496 e. The second-order valence-electron chi connectivity index (χ2n) is 7.76. The van der Waals surface area contributed by atoms with Gasteiger partial charge in [0.25, 0.3) is 0 Å². The third-order valence-corrected chi connectivity index (χ3v) is 5.33. The Labute approximate surface area is 201 Å². The van der Waals surface area contributed by atoms with Crippen LogP contribution in [-0.2, 0) is 11.3 Å². The predicted octanol–water partition coefficient (Wildman–Crippen LogP) is 2.26. The van der Waals surface area contributed by atoms with Crippen molar-refractivity contribution in [1.82, 2.24) is 25.5 Å². The van der Waals surface area contributed by atoms with Gasteiger partial charge in [-0.15, -0.1) is 0 Å². The molecule has 10 heteroatoms. The van der Waals surface area contributed by atoms with Crippen molar-refractivity contribution in [3.05, 3.63) is 47.3 Å². The van der Waals surface area contributed by atoms with Crippen LogP contribution in [0.15, 0.2) is 35.3 Å². The number of para-hydroxylation sites is 1. The van der Waals surface area contributed by atoms with Crippen molar-refractivity contribution in [3.63, 3.8) is 0 Å². The number of guanidine groups is 1. The van der Waals surface area contributed by atoms with Crippen molar-refractivity contribution in [2.75, 3.05) is 51.8 Å². The Balaban J connectivity index is 1.60. The highest BCUT2D eigenvalue weighted by atomic mass is 32.1. The van der Waals surface area contributed by atoms with Crippen LogP contribution in [0.1, 0.15) is 23.4 Å². The summed E-state index contributed by atoms with van der Waals surface area (Å²) in [6, 6.07) is 9.71. The molecule has 0 aliphatic carbocycles. The Kier molecular flexibility index (Phi) is 9.79. The average molecular weight is 472 g/mol. The topological polar surface area (TPSA) is 95.9 Å². The Hall–Kier alpha value is -2.82. The number of thiocarbonyl (C=S) groups is 1. The minimum atomic E-state index is 0.407. The standard InChI is InChI=1S/C23H33N7O2S/c1-17-15-18(2)27-22(26-17)28-21(25-16-19-7-4-5-8-20(19)31-3)29-23(33)24-9-6-10-30-11-13-32-14-12-30/h4-5,7-8,15H,6,9-14,16H2,1-3H3,(H3,24,25,26,27,28,29,33). The van der Waals surface area contributed by atoms with Gasteiger partial charge < -0.3 is 20.1 Å². The number of methoxy groups -OCH3 is 1. The molecule has 0 bridgehead atoms. The minimum Gasteiger partial charge on any atom is -0.496 e. The fraction of sp³-hybridized carbons (Fsp3) is 0.478. The van der Waals surface area contributed by atoms with Crippen LogP contribution in [0.5, 0.6) is 5.75 Å². The fourth-order valence-electron chi connectivity index (χ4n) is 3.48. The zero-order valence-corrected chi connectivity index (χ0v) is 20.4. The number of benzene rings is 1. The highest BCUT2D eigenvalue weighted by Crippen LogP contribution is 2.18. The van der Waals surface area contributed by atoms with E-state index in [1.165, 1.54) is 0 Å². The first-order valence-electron chi connectivity index (χ1n) is 11.1. The van der Waals surface area contributed by atoms with Crippen LogP contribution < -0.4 is 20.7 Å². The molecule has 33 heavy (non-hydrogen) atoms. The van der Waals surface area contributed by atoms with Gasteiger partial charge >= 0.3 is 0 Å². The van der Waals surface area contributed by atoms with Gasteiger partial charge in [-0.05, 0) is 51.2 Å². The van der Waals surface area contributed by atoms with E-state index in [1.807, 2.05) is 44.2 Å². The van der Waals surface area contributed by atoms with Crippen LogP contribution >= 0.6 is 12.2 Å². The van der Waals surface area contributed by atoms with Crippen molar-refractivity contribution in [2.24, 2.45) is 4.99 Å². The number of aryl methyl sites for hydroxylation is 2. The number of nitrogens with one attached hydrogen (secondary N) is 3. The van der Waals surface area contributed by atoms with E-state index in [0.29, 0.717) is 23.6 Å². The molecule has 1 fully saturated rings. The summed E-state index contributed by atoms with van der Waals surface area (Å²) in [7, 11) is 1.65. The molecule has 0 spiro atoms. The van der Waals surface area contributed by atoms with Gasteiger partial charge in [0.2, 0.25) is 11.9 Å². The number of nitrogens with zero attached hydrogens (tertiary/aromatic N) is 4. The van der Waals surface area contributed by atoms with Gasteiger partial charge in [0, 0.05) is 36.6 Å². The van der Waals surface area contributed by atoms with Crippen LogP contribution in [0, 0.1) is 13.8 Å². The molecule has 3 rings (SSSR count). The smallest absolute Gasteiger partial charge is 0.229 e. The van der Waals surface area contributed by atoms with Gasteiger partial charge in [-0.3, -0.25) is 10.2 Å². The zero-order valence-electron chi connectivity index (χ0n) is 19.6. The monoisotopic (exact) mass is 471 g/mol. The predicted molar refractivity (Wildman–Crippen MR) is 135 cm³/mol. The molecule has 1 aromatic heterocycles. The quantitative estimate of drug-likeness (QED) is 0.232. The van der Waals surface area contributed by atoms with Crippen molar-refractivity contribution in [3.8, 4) is 5.75 Å². The maximum absolute atomic E-state index is 5.51. The molecule has 1 aromatic carbocycles. The second kappa shape index (κ2) is 13.0. The number of morpholine rings is 1. The number of hydrogen-bond donors (Lipinski definition) is 3. The number of ether oxygens (including phenoxy) is 2. The molecular weight excluding hydrogens is 438 g/mol. The van der Waals surface area contributed by atoms with Crippen LogP contribution in [0.2, 0.25) is 0 Å².